The van der Waals surface area contributed by atoms with Crippen molar-refractivity contribution in [2.75, 3.05) is 19.0 Å². The molecule has 0 aliphatic heterocycles. The van der Waals surface area contributed by atoms with Crippen LogP contribution in [0.4, 0.5) is 14.9 Å². The minimum Gasteiger partial charge on any atom is -0.396 e. The molecule has 2 rings (SSSR count). The fourth-order valence-electron chi connectivity index (χ4n) is 2.85. The minimum atomic E-state index is -0.304. The molecule has 116 valence electrons. The molecule has 1 saturated carbocycles. The molecule has 1 aliphatic carbocycles. The highest BCUT2D eigenvalue weighted by Crippen LogP contribution is 2.27. The summed E-state index contributed by atoms with van der Waals surface area (Å²) in [7, 11) is 1.79. The first-order chi connectivity index (χ1) is 10.0. The Morgan fingerprint density at radius 3 is 2.62 bits per heavy atom. The van der Waals surface area contributed by atoms with Gasteiger partial charge < -0.3 is 15.3 Å². The normalized spacial score (nSPS) is 21.9. The molecule has 5 heteroatoms. The van der Waals surface area contributed by atoms with Crippen LogP contribution in [0.3, 0.4) is 0 Å². The largest absolute Gasteiger partial charge is 0.396 e. The van der Waals surface area contributed by atoms with Crippen molar-refractivity contribution in [2.45, 2.75) is 38.6 Å². The molecule has 0 unspecified atom stereocenters. The van der Waals surface area contributed by atoms with Crippen LogP contribution in [0.1, 0.15) is 31.2 Å². The van der Waals surface area contributed by atoms with Gasteiger partial charge in [-0.2, -0.15) is 0 Å². The standard InChI is InChI=1S/C16H23FN2O2/c1-11-9-13(17)5-8-15(11)18-16(21)19(2)14-6-3-12(10-20)4-7-14/h5,8-9,12,14,20H,3-4,6-7,10H2,1-2H3,(H,18,21). The number of nitrogens with zero attached hydrogens (tertiary/aromatic N) is 1. The van der Waals surface area contributed by atoms with Gasteiger partial charge in [-0.05, 0) is 62.3 Å². The van der Waals surface area contributed by atoms with Crippen LogP contribution in [0.2, 0.25) is 0 Å². The van der Waals surface area contributed by atoms with Gasteiger partial charge in [-0.15, -0.1) is 0 Å². The van der Waals surface area contributed by atoms with Gasteiger partial charge in [0.25, 0.3) is 0 Å². The lowest BCUT2D eigenvalue weighted by atomic mass is 9.86. The molecule has 0 atom stereocenters. The molecule has 0 bridgehead atoms. The van der Waals surface area contributed by atoms with Gasteiger partial charge in [0.05, 0.1) is 0 Å². The van der Waals surface area contributed by atoms with Gasteiger partial charge in [-0.25, -0.2) is 9.18 Å². The van der Waals surface area contributed by atoms with Gasteiger partial charge in [0.2, 0.25) is 0 Å². The summed E-state index contributed by atoms with van der Waals surface area (Å²) in [6.45, 7) is 2.00. The second kappa shape index (κ2) is 6.89. The number of benzene rings is 1. The van der Waals surface area contributed by atoms with Gasteiger partial charge in [0.15, 0.2) is 0 Å². The summed E-state index contributed by atoms with van der Waals surface area (Å²) in [5, 5.41) is 12.0. The summed E-state index contributed by atoms with van der Waals surface area (Å²) < 4.78 is 13.1. The Morgan fingerprint density at radius 2 is 2.05 bits per heavy atom. The van der Waals surface area contributed by atoms with E-state index in [0.717, 1.165) is 25.7 Å². The number of aliphatic hydroxyl groups excluding tert-OH is 1. The van der Waals surface area contributed by atoms with Crippen molar-refractivity contribution >= 4 is 11.7 Å². The number of hydrogen-bond acceptors (Lipinski definition) is 2. The number of nitrogens with one attached hydrogen (secondary N) is 1. The monoisotopic (exact) mass is 294 g/mol. The molecule has 21 heavy (non-hydrogen) atoms. The third kappa shape index (κ3) is 3.94. The zero-order chi connectivity index (χ0) is 15.4. The summed E-state index contributed by atoms with van der Waals surface area (Å²) >= 11 is 0. The summed E-state index contributed by atoms with van der Waals surface area (Å²) in [5.41, 5.74) is 1.35. The molecule has 1 aromatic rings. The quantitative estimate of drug-likeness (QED) is 0.899. The smallest absolute Gasteiger partial charge is 0.321 e. The van der Waals surface area contributed by atoms with Crippen LogP contribution in [0, 0.1) is 18.7 Å². The lowest BCUT2D eigenvalue weighted by Crippen LogP contribution is -2.42. The third-order valence-corrected chi connectivity index (χ3v) is 4.37. The molecule has 4 nitrogen and oxygen atoms in total. The highest BCUT2D eigenvalue weighted by molar-refractivity contribution is 5.90. The van der Waals surface area contributed by atoms with Crippen molar-refractivity contribution in [1.29, 1.82) is 0 Å². The molecule has 0 saturated heterocycles. The molecule has 0 spiro atoms. The van der Waals surface area contributed by atoms with E-state index in [4.69, 9.17) is 5.11 Å². The van der Waals surface area contributed by atoms with Gasteiger partial charge in [0, 0.05) is 25.4 Å². The van der Waals surface area contributed by atoms with Crippen LogP contribution in [0.15, 0.2) is 18.2 Å². The molecule has 1 fully saturated rings. The zero-order valence-corrected chi connectivity index (χ0v) is 12.6. The number of halogens is 1. The summed E-state index contributed by atoms with van der Waals surface area (Å²) in [6, 6.07) is 4.36. The van der Waals surface area contributed by atoms with Crippen molar-refractivity contribution in [2.24, 2.45) is 5.92 Å². The SMILES string of the molecule is Cc1cc(F)ccc1NC(=O)N(C)C1CCC(CO)CC1. The number of carbonyl (C=O) groups is 1. The Morgan fingerprint density at radius 1 is 1.38 bits per heavy atom. The maximum Gasteiger partial charge on any atom is 0.321 e. The predicted molar refractivity (Wildman–Crippen MR) is 80.8 cm³/mol. The number of anilines is 1. The average Bonchev–Trinajstić information content (AvgIpc) is 2.49. The first-order valence-electron chi connectivity index (χ1n) is 7.42. The fourth-order valence-corrected chi connectivity index (χ4v) is 2.85. The highest BCUT2D eigenvalue weighted by atomic mass is 19.1. The fraction of sp³-hybridized carbons (Fsp3) is 0.562. The van der Waals surface area contributed by atoms with Crippen molar-refractivity contribution in [1.82, 2.24) is 4.90 Å². The van der Waals surface area contributed by atoms with E-state index >= 15 is 0 Å². The molecular formula is C16H23FN2O2. The first-order valence-corrected chi connectivity index (χ1v) is 7.42. The number of urea groups is 1. The van der Waals surface area contributed by atoms with Crippen molar-refractivity contribution in [3.05, 3.63) is 29.6 Å². The Labute approximate surface area is 125 Å². The molecule has 0 radical (unpaired) electrons. The van der Waals surface area contributed by atoms with Crippen molar-refractivity contribution in [3.8, 4) is 0 Å². The second-order valence-electron chi connectivity index (χ2n) is 5.86. The van der Waals surface area contributed by atoms with E-state index in [1.54, 1.807) is 24.9 Å². The Kier molecular flexibility index (Phi) is 5.17. The molecule has 1 aromatic carbocycles. The highest BCUT2D eigenvalue weighted by Gasteiger charge is 2.26. The van der Waals surface area contributed by atoms with E-state index in [9.17, 15) is 9.18 Å². The zero-order valence-electron chi connectivity index (χ0n) is 12.6. The Bertz CT molecular complexity index is 499. The summed E-state index contributed by atoms with van der Waals surface area (Å²) in [5.74, 6) is 0.0678. The van der Waals surface area contributed by atoms with Crippen LogP contribution >= 0.6 is 0 Å². The van der Waals surface area contributed by atoms with Crippen LogP contribution < -0.4 is 5.32 Å². The Hall–Kier alpha value is -1.62. The number of amides is 2. The van der Waals surface area contributed by atoms with E-state index in [1.807, 2.05) is 0 Å². The Balaban J connectivity index is 1.93. The summed E-state index contributed by atoms with van der Waals surface area (Å²) in [4.78, 5) is 14.0. The topological polar surface area (TPSA) is 52.6 Å². The van der Waals surface area contributed by atoms with Crippen LogP contribution in [0.25, 0.3) is 0 Å². The first kappa shape index (κ1) is 15.8. The van der Waals surface area contributed by atoms with Crippen molar-refractivity contribution < 1.29 is 14.3 Å². The number of aliphatic hydroxyl groups is 1. The van der Waals surface area contributed by atoms with Crippen LogP contribution in [-0.4, -0.2) is 35.7 Å². The average molecular weight is 294 g/mol. The van der Waals surface area contributed by atoms with E-state index in [-0.39, 0.29) is 24.5 Å². The predicted octanol–water partition coefficient (Wildman–Crippen LogP) is 3.15. The second-order valence-corrected chi connectivity index (χ2v) is 5.86. The number of carbonyl (C=O) groups excluding carboxylic acids is 1. The molecule has 2 amide bonds. The molecular weight excluding hydrogens is 271 g/mol. The van der Waals surface area contributed by atoms with Gasteiger partial charge in [-0.1, -0.05) is 0 Å². The van der Waals surface area contributed by atoms with E-state index in [0.29, 0.717) is 17.2 Å². The maximum atomic E-state index is 13.1. The molecule has 1 aliphatic rings. The van der Waals surface area contributed by atoms with Gasteiger partial charge in [-0.3, -0.25) is 0 Å². The number of rotatable bonds is 3. The summed E-state index contributed by atoms with van der Waals surface area (Å²) in [6.07, 6.45) is 3.73. The molecule has 2 N–H and O–H groups in total. The van der Waals surface area contributed by atoms with Gasteiger partial charge >= 0.3 is 6.03 Å². The van der Waals surface area contributed by atoms with E-state index in [2.05, 4.69) is 5.32 Å². The molecule has 0 aromatic heterocycles. The lowest BCUT2D eigenvalue weighted by Gasteiger charge is -2.34. The molecule has 0 heterocycles. The van der Waals surface area contributed by atoms with E-state index < -0.39 is 0 Å². The number of aryl methyl sites for hydroxylation is 1. The van der Waals surface area contributed by atoms with E-state index in [1.165, 1.54) is 12.1 Å². The lowest BCUT2D eigenvalue weighted by molar-refractivity contribution is 0.139. The third-order valence-electron chi connectivity index (χ3n) is 4.37. The number of hydrogen-bond donors (Lipinski definition) is 2. The van der Waals surface area contributed by atoms with Crippen LogP contribution in [0.5, 0.6) is 0 Å². The van der Waals surface area contributed by atoms with Crippen molar-refractivity contribution in [3.63, 3.8) is 0 Å². The minimum absolute atomic E-state index is 0.169. The van der Waals surface area contributed by atoms with Gasteiger partial charge in [0.1, 0.15) is 5.82 Å². The van der Waals surface area contributed by atoms with Crippen LogP contribution in [-0.2, 0) is 0 Å². The maximum absolute atomic E-state index is 13.1.